The summed E-state index contributed by atoms with van der Waals surface area (Å²) in [5.41, 5.74) is -0.406. The highest BCUT2D eigenvalue weighted by molar-refractivity contribution is 7.99. The maximum absolute atomic E-state index is 11.5. The quantitative estimate of drug-likeness (QED) is 0.540. The lowest BCUT2D eigenvalue weighted by atomic mass is 10.4. The Bertz CT molecular complexity index is 568. The third kappa shape index (κ3) is 4.37. The molecule has 7 nitrogen and oxygen atoms in total. The van der Waals surface area contributed by atoms with E-state index in [1.807, 2.05) is 0 Å². The molecule has 1 aliphatic rings. The van der Waals surface area contributed by atoms with Crippen LogP contribution >= 0.6 is 11.8 Å². The van der Waals surface area contributed by atoms with Gasteiger partial charge in [-0.3, -0.25) is 14.4 Å². The van der Waals surface area contributed by atoms with Crippen molar-refractivity contribution >= 4 is 23.6 Å². The topological polar surface area (TPSA) is 101 Å². The molecule has 2 N–H and O–H groups in total. The van der Waals surface area contributed by atoms with Crippen LogP contribution in [0.25, 0.3) is 0 Å². The van der Waals surface area contributed by atoms with Crippen molar-refractivity contribution in [3.63, 3.8) is 0 Å². The first kappa shape index (κ1) is 14.6. The fourth-order valence-electron chi connectivity index (χ4n) is 1.61. The van der Waals surface area contributed by atoms with Crippen LogP contribution in [0, 0.1) is 5.92 Å². The van der Waals surface area contributed by atoms with E-state index in [4.69, 9.17) is 5.11 Å². The van der Waals surface area contributed by atoms with Crippen molar-refractivity contribution in [3.8, 4) is 0 Å². The van der Waals surface area contributed by atoms with Crippen molar-refractivity contribution in [2.75, 3.05) is 12.3 Å². The minimum absolute atomic E-state index is 0.0544. The van der Waals surface area contributed by atoms with Gasteiger partial charge in [-0.05, 0) is 12.8 Å². The number of nitrogens with zero attached hydrogens (tertiary/aromatic N) is 2. The van der Waals surface area contributed by atoms with Crippen LogP contribution in [-0.2, 0) is 16.1 Å². The van der Waals surface area contributed by atoms with E-state index in [1.54, 1.807) is 10.8 Å². The van der Waals surface area contributed by atoms with E-state index in [2.05, 4.69) is 10.3 Å². The third-order valence-corrected chi connectivity index (χ3v) is 3.75. The van der Waals surface area contributed by atoms with Crippen molar-refractivity contribution in [1.29, 1.82) is 0 Å². The molecule has 0 spiro atoms. The zero-order chi connectivity index (χ0) is 14.5. The summed E-state index contributed by atoms with van der Waals surface area (Å²) in [6.07, 6.45) is 3.46. The lowest BCUT2D eigenvalue weighted by Gasteiger charge is -2.11. The van der Waals surface area contributed by atoms with Crippen molar-refractivity contribution < 1.29 is 14.7 Å². The van der Waals surface area contributed by atoms with Crippen LogP contribution in [-0.4, -0.2) is 38.8 Å². The number of aromatic nitrogens is 2. The third-order valence-electron chi connectivity index (χ3n) is 2.77. The average molecular weight is 297 g/mol. The summed E-state index contributed by atoms with van der Waals surface area (Å²) in [5.74, 6) is -0.923. The molecule has 1 heterocycles. The second kappa shape index (κ2) is 6.56. The first-order valence-electron chi connectivity index (χ1n) is 6.26. The van der Waals surface area contributed by atoms with E-state index in [0.29, 0.717) is 18.2 Å². The molecular weight excluding hydrogens is 282 g/mol. The highest BCUT2D eigenvalue weighted by Crippen LogP contribution is 2.28. The highest BCUT2D eigenvalue weighted by Gasteiger charge is 2.29. The van der Waals surface area contributed by atoms with E-state index >= 15 is 0 Å². The second-order valence-electron chi connectivity index (χ2n) is 4.49. The van der Waals surface area contributed by atoms with Gasteiger partial charge in [-0.15, -0.1) is 0 Å². The number of carbonyl (C=O) groups excluding carboxylic acids is 1. The largest absolute Gasteiger partial charge is 0.481 e. The van der Waals surface area contributed by atoms with Crippen molar-refractivity contribution in [3.05, 3.63) is 22.6 Å². The zero-order valence-electron chi connectivity index (χ0n) is 10.7. The van der Waals surface area contributed by atoms with Gasteiger partial charge >= 0.3 is 5.97 Å². The summed E-state index contributed by atoms with van der Waals surface area (Å²) in [6.45, 7) is 0.883. The predicted molar refractivity (Wildman–Crippen MR) is 72.6 cm³/mol. The Labute approximate surface area is 119 Å². The van der Waals surface area contributed by atoms with Gasteiger partial charge in [0.05, 0.1) is 5.75 Å². The molecule has 1 aliphatic carbocycles. The number of amides is 1. The Morgan fingerprint density at radius 2 is 2.25 bits per heavy atom. The molecule has 1 amide bonds. The molecule has 8 heteroatoms. The van der Waals surface area contributed by atoms with Crippen molar-refractivity contribution in [2.24, 2.45) is 5.92 Å². The SMILES string of the molecule is O=C(O)CSc1nc(=O)ccn1CCNC(=O)C1CC1. The number of rotatable bonds is 7. The number of thioether (sulfide) groups is 1. The maximum Gasteiger partial charge on any atom is 0.313 e. The average Bonchev–Trinajstić information content (AvgIpc) is 3.22. The second-order valence-corrected chi connectivity index (χ2v) is 5.43. The van der Waals surface area contributed by atoms with E-state index < -0.39 is 11.5 Å². The summed E-state index contributed by atoms with van der Waals surface area (Å²) in [4.78, 5) is 37.0. The maximum atomic E-state index is 11.5. The van der Waals surface area contributed by atoms with Gasteiger partial charge in [0, 0.05) is 31.3 Å². The van der Waals surface area contributed by atoms with Gasteiger partial charge in [0.2, 0.25) is 5.91 Å². The summed E-state index contributed by atoms with van der Waals surface area (Å²) < 4.78 is 1.67. The highest BCUT2D eigenvalue weighted by atomic mass is 32.2. The number of aliphatic carboxylic acids is 1. The molecule has 1 saturated carbocycles. The number of carboxylic acids is 1. The Balaban J connectivity index is 1.92. The number of carbonyl (C=O) groups is 2. The molecule has 1 fully saturated rings. The van der Waals surface area contributed by atoms with Crippen LogP contribution < -0.4 is 10.9 Å². The zero-order valence-corrected chi connectivity index (χ0v) is 11.6. The van der Waals surface area contributed by atoms with Crippen molar-refractivity contribution in [1.82, 2.24) is 14.9 Å². The molecule has 2 rings (SSSR count). The van der Waals surface area contributed by atoms with Gasteiger partial charge in [-0.25, -0.2) is 0 Å². The van der Waals surface area contributed by atoms with Crippen LogP contribution in [0.3, 0.4) is 0 Å². The standard InChI is InChI=1S/C12H15N3O4S/c16-9-3-5-15(12(14-9)20-7-10(17)18)6-4-13-11(19)8-1-2-8/h3,5,8H,1-2,4,6-7H2,(H,13,19)(H,17,18). The van der Waals surface area contributed by atoms with Gasteiger partial charge in [-0.1, -0.05) is 11.8 Å². The lowest BCUT2D eigenvalue weighted by molar-refractivity contribution is -0.134. The summed E-state index contributed by atoms with van der Waals surface area (Å²) in [6, 6.07) is 1.31. The number of carboxylic acid groups (broad SMARTS) is 1. The fraction of sp³-hybridized carbons (Fsp3) is 0.500. The smallest absolute Gasteiger partial charge is 0.313 e. The molecule has 0 aromatic carbocycles. The van der Waals surface area contributed by atoms with Crippen LogP contribution in [0.4, 0.5) is 0 Å². The van der Waals surface area contributed by atoms with Crippen LogP contribution in [0.5, 0.6) is 0 Å². The molecule has 0 unspecified atom stereocenters. The summed E-state index contributed by atoms with van der Waals surface area (Å²) >= 11 is 0.986. The fourth-order valence-corrected chi connectivity index (χ4v) is 2.34. The first-order valence-corrected chi connectivity index (χ1v) is 7.24. The normalized spacial score (nSPS) is 14.0. The lowest BCUT2D eigenvalue weighted by Crippen LogP contribution is -2.29. The van der Waals surface area contributed by atoms with Gasteiger partial charge in [0.15, 0.2) is 5.16 Å². The molecule has 1 aromatic rings. The molecule has 0 bridgehead atoms. The number of nitrogens with one attached hydrogen (secondary N) is 1. The Hall–Kier alpha value is -1.83. The molecule has 0 saturated heterocycles. The monoisotopic (exact) mass is 297 g/mol. The van der Waals surface area contributed by atoms with E-state index in [-0.39, 0.29) is 17.6 Å². The molecular formula is C12H15N3O4S. The van der Waals surface area contributed by atoms with E-state index in [1.165, 1.54) is 6.07 Å². The van der Waals surface area contributed by atoms with Gasteiger partial charge in [0.25, 0.3) is 5.56 Å². The Morgan fingerprint density at radius 3 is 2.90 bits per heavy atom. The van der Waals surface area contributed by atoms with E-state index in [0.717, 1.165) is 24.6 Å². The van der Waals surface area contributed by atoms with Crippen LogP contribution in [0.2, 0.25) is 0 Å². The van der Waals surface area contributed by atoms with Crippen LogP contribution in [0.1, 0.15) is 12.8 Å². The first-order chi connectivity index (χ1) is 9.56. The number of hydrogen-bond donors (Lipinski definition) is 2. The minimum atomic E-state index is -0.971. The molecule has 0 atom stereocenters. The Morgan fingerprint density at radius 1 is 1.50 bits per heavy atom. The Kier molecular flexibility index (Phi) is 4.78. The predicted octanol–water partition coefficient (Wildman–Crippen LogP) is -0.0538. The molecule has 20 heavy (non-hydrogen) atoms. The van der Waals surface area contributed by atoms with Crippen LogP contribution in [0.15, 0.2) is 22.2 Å². The molecule has 0 aliphatic heterocycles. The van der Waals surface area contributed by atoms with Crippen molar-refractivity contribution in [2.45, 2.75) is 24.5 Å². The van der Waals surface area contributed by atoms with Gasteiger partial charge < -0.3 is 15.0 Å². The van der Waals surface area contributed by atoms with Gasteiger partial charge in [-0.2, -0.15) is 4.98 Å². The van der Waals surface area contributed by atoms with E-state index in [9.17, 15) is 14.4 Å². The minimum Gasteiger partial charge on any atom is -0.481 e. The molecule has 1 aromatic heterocycles. The summed E-state index contributed by atoms with van der Waals surface area (Å²) in [5, 5.41) is 11.8. The molecule has 0 radical (unpaired) electrons. The van der Waals surface area contributed by atoms with Gasteiger partial charge in [0.1, 0.15) is 0 Å². The number of hydrogen-bond acceptors (Lipinski definition) is 5. The molecule has 108 valence electrons. The summed E-state index contributed by atoms with van der Waals surface area (Å²) in [7, 11) is 0.